The number of ether oxygens (including phenoxy) is 1. The molecule has 0 aromatic rings. The zero-order valence-corrected chi connectivity index (χ0v) is 5.75. The van der Waals surface area contributed by atoms with Crippen LogP contribution in [-0.4, -0.2) is 23.8 Å². The first-order chi connectivity index (χ1) is 4.84. The average molecular weight is 143 g/mol. The van der Waals surface area contributed by atoms with Crippen LogP contribution in [0.25, 0.3) is 0 Å². The van der Waals surface area contributed by atoms with Crippen LogP contribution in [0.4, 0.5) is 0 Å². The summed E-state index contributed by atoms with van der Waals surface area (Å²) in [4.78, 5) is 9.76. The van der Waals surface area contributed by atoms with Crippen LogP contribution in [0.15, 0.2) is 0 Å². The summed E-state index contributed by atoms with van der Waals surface area (Å²) < 4.78 is 4.54. The highest BCUT2D eigenvalue weighted by Gasteiger charge is 2.23. The quantitative estimate of drug-likeness (QED) is 0.607. The normalized spacial score (nSPS) is 33.3. The van der Waals surface area contributed by atoms with Gasteiger partial charge in [0, 0.05) is 0 Å². The van der Waals surface area contributed by atoms with Gasteiger partial charge in [-0.25, -0.2) is 4.79 Å². The van der Waals surface area contributed by atoms with Gasteiger partial charge in [0.1, 0.15) is 6.10 Å². The molecule has 1 rings (SSSR count). The first-order valence-electron chi connectivity index (χ1n) is 3.55. The summed E-state index contributed by atoms with van der Waals surface area (Å²) in [6.45, 7) is 1.36. The minimum absolute atomic E-state index is 0.300. The molecule has 0 aromatic heterocycles. The molecule has 57 valence electrons. The van der Waals surface area contributed by atoms with Gasteiger partial charge >= 0.3 is 6.47 Å². The van der Waals surface area contributed by atoms with E-state index in [0.29, 0.717) is 0 Å². The Morgan fingerprint density at radius 2 is 2.10 bits per heavy atom. The Hall–Kier alpha value is -0.570. The molecule has 0 aliphatic heterocycles. The standard InChI is InChI=1S/C7H11O3/c8-5-10-7-4-2-1-3-6(7)9/h6-7,9H,1-4H2. The number of rotatable bonds is 2. The van der Waals surface area contributed by atoms with Gasteiger partial charge in [-0.2, -0.15) is 0 Å². The minimum Gasteiger partial charge on any atom is -0.451 e. The van der Waals surface area contributed by atoms with Gasteiger partial charge in [-0.1, -0.05) is 6.42 Å². The van der Waals surface area contributed by atoms with Gasteiger partial charge in [0.15, 0.2) is 0 Å². The van der Waals surface area contributed by atoms with Gasteiger partial charge in [-0.15, -0.1) is 0 Å². The molecule has 0 saturated heterocycles. The molecule has 1 saturated carbocycles. The first kappa shape index (κ1) is 7.54. The van der Waals surface area contributed by atoms with Crippen molar-refractivity contribution in [1.29, 1.82) is 0 Å². The first-order valence-corrected chi connectivity index (χ1v) is 3.55. The molecule has 0 bridgehead atoms. The lowest BCUT2D eigenvalue weighted by Gasteiger charge is -2.24. The summed E-state index contributed by atoms with van der Waals surface area (Å²) in [5, 5.41) is 9.20. The van der Waals surface area contributed by atoms with Crippen molar-refractivity contribution in [2.45, 2.75) is 37.9 Å². The van der Waals surface area contributed by atoms with Gasteiger partial charge < -0.3 is 9.84 Å². The van der Waals surface area contributed by atoms with Crippen LogP contribution in [0.2, 0.25) is 0 Å². The Morgan fingerprint density at radius 1 is 1.40 bits per heavy atom. The zero-order chi connectivity index (χ0) is 7.40. The zero-order valence-electron chi connectivity index (χ0n) is 5.75. The van der Waals surface area contributed by atoms with Gasteiger partial charge in [-0.05, 0) is 19.3 Å². The van der Waals surface area contributed by atoms with Gasteiger partial charge in [0.2, 0.25) is 0 Å². The number of aliphatic hydroxyl groups excluding tert-OH is 1. The van der Waals surface area contributed by atoms with Crippen molar-refractivity contribution >= 4 is 6.47 Å². The van der Waals surface area contributed by atoms with Crippen LogP contribution in [-0.2, 0) is 9.53 Å². The van der Waals surface area contributed by atoms with Crippen LogP contribution in [0.3, 0.4) is 0 Å². The summed E-state index contributed by atoms with van der Waals surface area (Å²) in [5.74, 6) is 0. The highest BCUT2D eigenvalue weighted by Crippen LogP contribution is 2.20. The Morgan fingerprint density at radius 3 is 2.70 bits per heavy atom. The second-order valence-electron chi connectivity index (χ2n) is 2.59. The maximum atomic E-state index is 9.76. The van der Waals surface area contributed by atoms with Crippen LogP contribution >= 0.6 is 0 Å². The van der Waals surface area contributed by atoms with Crippen molar-refractivity contribution in [3.63, 3.8) is 0 Å². The third-order valence-corrected chi connectivity index (χ3v) is 1.87. The third kappa shape index (κ3) is 1.70. The summed E-state index contributed by atoms with van der Waals surface area (Å²) >= 11 is 0. The summed E-state index contributed by atoms with van der Waals surface area (Å²) in [6.07, 6.45) is 2.81. The predicted molar refractivity (Wildman–Crippen MR) is 35.0 cm³/mol. The Kier molecular flexibility index (Phi) is 2.68. The molecule has 1 aliphatic rings. The molecule has 0 spiro atoms. The SMILES string of the molecule is O=[C]OC1CCCCC1O. The molecular formula is C7H11O3. The molecule has 2 atom stereocenters. The second kappa shape index (κ2) is 3.56. The minimum atomic E-state index is -0.463. The van der Waals surface area contributed by atoms with Gasteiger partial charge in [0.05, 0.1) is 6.10 Å². The van der Waals surface area contributed by atoms with E-state index >= 15 is 0 Å². The smallest absolute Gasteiger partial charge is 0.417 e. The molecule has 0 heterocycles. The molecule has 1 aliphatic carbocycles. The van der Waals surface area contributed by atoms with E-state index in [-0.39, 0.29) is 6.10 Å². The van der Waals surface area contributed by atoms with E-state index in [4.69, 9.17) is 0 Å². The molecule has 3 nitrogen and oxygen atoms in total. The lowest BCUT2D eigenvalue weighted by atomic mass is 9.95. The molecule has 10 heavy (non-hydrogen) atoms. The second-order valence-corrected chi connectivity index (χ2v) is 2.59. The largest absolute Gasteiger partial charge is 0.451 e. The Balaban J connectivity index is 2.32. The van der Waals surface area contributed by atoms with Crippen molar-refractivity contribution in [2.24, 2.45) is 0 Å². The molecule has 1 N–H and O–H groups in total. The number of hydrogen-bond acceptors (Lipinski definition) is 3. The third-order valence-electron chi connectivity index (χ3n) is 1.87. The maximum absolute atomic E-state index is 9.76. The van der Waals surface area contributed by atoms with Crippen LogP contribution in [0.1, 0.15) is 25.7 Å². The van der Waals surface area contributed by atoms with Crippen molar-refractivity contribution in [2.75, 3.05) is 0 Å². The van der Waals surface area contributed by atoms with E-state index in [1.54, 1.807) is 0 Å². The fourth-order valence-electron chi connectivity index (χ4n) is 1.28. The van der Waals surface area contributed by atoms with E-state index < -0.39 is 6.10 Å². The van der Waals surface area contributed by atoms with E-state index in [2.05, 4.69) is 4.74 Å². The van der Waals surface area contributed by atoms with E-state index in [1.165, 1.54) is 6.47 Å². The molecule has 1 fully saturated rings. The number of hydrogen-bond donors (Lipinski definition) is 1. The van der Waals surface area contributed by atoms with Crippen LogP contribution in [0.5, 0.6) is 0 Å². The predicted octanol–water partition coefficient (Wildman–Crippen LogP) is 0.374. The van der Waals surface area contributed by atoms with Crippen LogP contribution in [0, 0.1) is 0 Å². The monoisotopic (exact) mass is 143 g/mol. The highest BCUT2D eigenvalue weighted by atomic mass is 16.5. The van der Waals surface area contributed by atoms with E-state index in [0.717, 1.165) is 25.7 Å². The maximum Gasteiger partial charge on any atom is 0.417 e. The number of aliphatic hydroxyl groups is 1. The summed E-state index contributed by atoms with van der Waals surface area (Å²) in [7, 11) is 0. The molecule has 1 radical (unpaired) electrons. The van der Waals surface area contributed by atoms with E-state index in [1.807, 2.05) is 0 Å². The van der Waals surface area contributed by atoms with Gasteiger partial charge in [-0.3, -0.25) is 0 Å². The fraction of sp³-hybridized carbons (Fsp3) is 0.857. The topological polar surface area (TPSA) is 46.5 Å². The summed E-state index contributed by atoms with van der Waals surface area (Å²) in [5.41, 5.74) is 0. The highest BCUT2D eigenvalue weighted by molar-refractivity contribution is 5.38. The average Bonchev–Trinajstić information content (AvgIpc) is 1.94. The number of carbonyl (C=O) groups excluding carboxylic acids is 1. The summed E-state index contributed by atoms with van der Waals surface area (Å²) in [6, 6.07) is 0. The molecule has 3 heteroatoms. The van der Waals surface area contributed by atoms with Crippen molar-refractivity contribution < 1.29 is 14.6 Å². The Labute approximate surface area is 60.0 Å². The van der Waals surface area contributed by atoms with E-state index in [9.17, 15) is 9.90 Å². The van der Waals surface area contributed by atoms with Crippen molar-refractivity contribution in [3.05, 3.63) is 0 Å². The Bertz CT molecular complexity index is 113. The van der Waals surface area contributed by atoms with Gasteiger partial charge in [0.25, 0.3) is 0 Å². The lowest BCUT2D eigenvalue weighted by molar-refractivity contribution is -0.00177. The molecule has 0 aromatic carbocycles. The lowest BCUT2D eigenvalue weighted by Crippen LogP contribution is -2.31. The molecular weight excluding hydrogens is 132 g/mol. The fourth-order valence-corrected chi connectivity index (χ4v) is 1.28. The van der Waals surface area contributed by atoms with Crippen molar-refractivity contribution in [1.82, 2.24) is 0 Å². The molecule has 2 unspecified atom stereocenters. The van der Waals surface area contributed by atoms with Crippen molar-refractivity contribution in [3.8, 4) is 0 Å². The van der Waals surface area contributed by atoms with Crippen LogP contribution < -0.4 is 0 Å². The molecule has 0 amide bonds.